The number of anilines is 1. The number of nitrogens with zero attached hydrogens (tertiary/aromatic N) is 2. The van der Waals surface area contributed by atoms with E-state index in [9.17, 15) is 9.59 Å². The van der Waals surface area contributed by atoms with Crippen molar-refractivity contribution in [3.63, 3.8) is 0 Å². The number of nitrogens with one attached hydrogen (secondary N) is 1. The molecule has 0 radical (unpaired) electrons. The van der Waals surface area contributed by atoms with E-state index in [0.717, 1.165) is 35.4 Å². The minimum absolute atomic E-state index is 0.00996. The van der Waals surface area contributed by atoms with Gasteiger partial charge < -0.3 is 14.8 Å². The molecule has 2 aromatic rings. The summed E-state index contributed by atoms with van der Waals surface area (Å²) in [6, 6.07) is 13.2. The first-order chi connectivity index (χ1) is 15.5. The van der Waals surface area contributed by atoms with Gasteiger partial charge in [-0.05, 0) is 49.2 Å². The van der Waals surface area contributed by atoms with Crippen LogP contribution < -0.4 is 14.8 Å². The third-order valence-corrected chi connectivity index (χ3v) is 5.23. The largest absolute Gasteiger partial charge is 0.493 e. The Labute approximate surface area is 189 Å². The first kappa shape index (κ1) is 23.3. The van der Waals surface area contributed by atoms with Crippen molar-refractivity contribution in [1.29, 1.82) is 0 Å². The second-order valence-electron chi connectivity index (χ2n) is 7.65. The first-order valence-electron chi connectivity index (χ1n) is 11.1. The molecule has 1 heterocycles. The molecule has 170 valence electrons. The third kappa shape index (κ3) is 6.09. The van der Waals surface area contributed by atoms with Gasteiger partial charge in [0.25, 0.3) is 0 Å². The minimum Gasteiger partial charge on any atom is -0.493 e. The Morgan fingerprint density at radius 3 is 2.56 bits per heavy atom. The molecule has 3 rings (SSSR count). The molecule has 0 unspecified atom stereocenters. The van der Waals surface area contributed by atoms with Gasteiger partial charge in [0.05, 0.1) is 26.0 Å². The van der Waals surface area contributed by atoms with Crippen molar-refractivity contribution >= 4 is 23.2 Å². The molecule has 0 saturated heterocycles. The molecular formula is C25H31N3O4. The monoisotopic (exact) mass is 437 g/mol. The van der Waals surface area contributed by atoms with Gasteiger partial charge in [0, 0.05) is 30.5 Å². The van der Waals surface area contributed by atoms with Gasteiger partial charge in [0.15, 0.2) is 11.5 Å². The molecule has 2 amide bonds. The summed E-state index contributed by atoms with van der Waals surface area (Å²) in [5.74, 6) is 1.34. The molecule has 0 saturated carbocycles. The highest BCUT2D eigenvalue weighted by Gasteiger charge is 2.22. The number of hydrogen-bond acceptors (Lipinski definition) is 5. The van der Waals surface area contributed by atoms with Crippen molar-refractivity contribution in [3.05, 3.63) is 53.6 Å². The molecule has 2 aromatic carbocycles. The Morgan fingerprint density at radius 1 is 1.09 bits per heavy atom. The fraction of sp³-hybridized carbons (Fsp3) is 0.400. The van der Waals surface area contributed by atoms with E-state index in [-0.39, 0.29) is 11.8 Å². The van der Waals surface area contributed by atoms with Crippen molar-refractivity contribution in [2.75, 3.05) is 19.0 Å². The highest BCUT2D eigenvalue weighted by molar-refractivity contribution is 6.04. The number of ether oxygens (including phenoxy) is 2. The average molecular weight is 438 g/mol. The predicted octanol–water partition coefficient (Wildman–Crippen LogP) is 4.75. The van der Waals surface area contributed by atoms with Gasteiger partial charge in [-0.3, -0.25) is 9.59 Å². The van der Waals surface area contributed by atoms with E-state index in [2.05, 4.69) is 17.3 Å². The van der Waals surface area contributed by atoms with Crippen molar-refractivity contribution in [2.45, 2.75) is 52.5 Å². The molecular weight excluding hydrogens is 406 g/mol. The molecule has 1 aliphatic rings. The van der Waals surface area contributed by atoms with E-state index in [4.69, 9.17) is 9.47 Å². The SMILES string of the molecule is CCCCC(=O)Nc1ccc(CN2N=C(c3ccc(OC)c(OCC)c3)CCC2=O)cc1. The van der Waals surface area contributed by atoms with Crippen molar-refractivity contribution in [1.82, 2.24) is 5.01 Å². The Bertz CT molecular complexity index is 970. The summed E-state index contributed by atoms with van der Waals surface area (Å²) in [6.45, 7) is 4.89. The van der Waals surface area contributed by atoms with Crippen molar-refractivity contribution in [3.8, 4) is 11.5 Å². The summed E-state index contributed by atoms with van der Waals surface area (Å²) in [6.07, 6.45) is 3.37. The molecule has 7 heteroatoms. The maximum Gasteiger partial charge on any atom is 0.243 e. The smallest absolute Gasteiger partial charge is 0.243 e. The predicted molar refractivity (Wildman–Crippen MR) is 125 cm³/mol. The van der Waals surface area contributed by atoms with E-state index < -0.39 is 0 Å². The molecule has 0 atom stereocenters. The summed E-state index contributed by atoms with van der Waals surface area (Å²) in [5, 5.41) is 9.04. The molecule has 0 bridgehead atoms. The first-order valence-corrected chi connectivity index (χ1v) is 11.1. The van der Waals surface area contributed by atoms with Crippen LogP contribution in [-0.4, -0.2) is 36.3 Å². The minimum atomic E-state index is -0.00996. The second kappa shape index (κ2) is 11.3. The fourth-order valence-corrected chi connectivity index (χ4v) is 3.48. The number of amides is 2. The molecule has 32 heavy (non-hydrogen) atoms. The van der Waals surface area contributed by atoms with Gasteiger partial charge >= 0.3 is 0 Å². The normalized spacial score (nSPS) is 13.5. The molecule has 0 spiro atoms. The van der Waals surface area contributed by atoms with Gasteiger partial charge in [0.1, 0.15) is 0 Å². The van der Waals surface area contributed by atoms with E-state index in [1.165, 1.54) is 5.01 Å². The maximum atomic E-state index is 12.5. The number of hydrogen-bond donors (Lipinski definition) is 1. The zero-order chi connectivity index (χ0) is 22.9. The summed E-state index contributed by atoms with van der Waals surface area (Å²) < 4.78 is 11.0. The van der Waals surface area contributed by atoms with Crippen LogP contribution in [0, 0.1) is 0 Å². The Balaban J connectivity index is 1.71. The van der Waals surface area contributed by atoms with Gasteiger partial charge in [-0.2, -0.15) is 5.10 Å². The maximum absolute atomic E-state index is 12.5. The van der Waals surface area contributed by atoms with Crippen LogP contribution in [0.5, 0.6) is 11.5 Å². The fourth-order valence-electron chi connectivity index (χ4n) is 3.48. The van der Waals surface area contributed by atoms with Crippen LogP contribution in [-0.2, 0) is 16.1 Å². The van der Waals surface area contributed by atoms with Crippen LogP contribution in [0.15, 0.2) is 47.6 Å². The number of carbonyl (C=O) groups excluding carboxylic acids is 2. The van der Waals surface area contributed by atoms with Crippen LogP contribution >= 0.6 is 0 Å². The lowest BCUT2D eigenvalue weighted by Gasteiger charge is -2.24. The number of rotatable bonds is 10. The lowest BCUT2D eigenvalue weighted by molar-refractivity contribution is -0.132. The quantitative estimate of drug-likeness (QED) is 0.582. The second-order valence-corrected chi connectivity index (χ2v) is 7.65. The standard InChI is InChI=1S/C25H31N3O4/c1-4-6-7-24(29)26-20-11-8-18(9-12-20)17-28-25(30)15-13-21(27-28)19-10-14-22(31-3)23(16-19)32-5-2/h8-12,14,16H,4-7,13,15,17H2,1-3H3,(H,26,29). The van der Waals surface area contributed by atoms with Crippen LogP contribution in [0.1, 0.15) is 57.1 Å². The number of hydrazone groups is 1. The van der Waals surface area contributed by atoms with Gasteiger partial charge in [-0.1, -0.05) is 25.5 Å². The average Bonchev–Trinajstić information content (AvgIpc) is 2.80. The highest BCUT2D eigenvalue weighted by Crippen LogP contribution is 2.30. The van der Waals surface area contributed by atoms with E-state index in [1.54, 1.807) is 7.11 Å². The van der Waals surface area contributed by atoms with E-state index >= 15 is 0 Å². The Kier molecular flexibility index (Phi) is 8.25. The van der Waals surface area contributed by atoms with Gasteiger partial charge in [0.2, 0.25) is 11.8 Å². The Hall–Kier alpha value is -3.35. The number of benzene rings is 2. The number of unbranched alkanes of at least 4 members (excludes halogenated alkanes) is 1. The zero-order valence-corrected chi connectivity index (χ0v) is 19.0. The topological polar surface area (TPSA) is 80.2 Å². The zero-order valence-electron chi connectivity index (χ0n) is 19.0. The van der Waals surface area contributed by atoms with Crippen LogP contribution in [0.4, 0.5) is 5.69 Å². The van der Waals surface area contributed by atoms with Gasteiger partial charge in [-0.25, -0.2) is 5.01 Å². The van der Waals surface area contributed by atoms with Gasteiger partial charge in [-0.15, -0.1) is 0 Å². The molecule has 0 aromatic heterocycles. The lowest BCUT2D eigenvalue weighted by atomic mass is 10.0. The van der Waals surface area contributed by atoms with E-state index in [1.807, 2.05) is 49.4 Å². The van der Waals surface area contributed by atoms with Crippen molar-refractivity contribution < 1.29 is 19.1 Å². The summed E-state index contributed by atoms with van der Waals surface area (Å²) in [7, 11) is 1.61. The highest BCUT2D eigenvalue weighted by atomic mass is 16.5. The summed E-state index contributed by atoms with van der Waals surface area (Å²) in [5.41, 5.74) is 3.45. The van der Waals surface area contributed by atoms with Crippen LogP contribution in [0.3, 0.4) is 0 Å². The molecule has 0 aliphatic carbocycles. The third-order valence-electron chi connectivity index (χ3n) is 5.23. The number of methoxy groups -OCH3 is 1. The molecule has 1 aliphatic heterocycles. The number of carbonyl (C=O) groups is 2. The molecule has 1 N–H and O–H groups in total. The Morgan fingerprint density at radius 2 is 1.88 bits per heavy atom. The molecule has 0 fully saturated rings. The summed E-state index contributed by atoms with van der Waals surface area (Å²) in [4.78, 5) is 24.4. The molecule has 7 nitrogen and oxygen atoms in total. The van der Waals surface area contributed by atoms with Crippen LogP contribution in [0.2, 0.25) is 0 Å². The van der Waals surface area contributed by atoms with Crippen LogP contribution in [0.25, 0.3) is 0 Å². The lowest BCUT2D eigenvalue weighted by Crippen LogP contribution is -2.31. The summed E-state index contributed by atoms with van der Waals surface area (Å²) >= 11 is 0. The van der Waals surface area contributed by atoms with E-state index in [0.29, 0.717) is 43.9 Å². The van der Waals surface area contributed by atoms with Crippen molar-refractivity contribution in [2.24, 2.45) is 5.10 Å².